The summed E-state index contributed by atoms with van der Waals surface area (Å²) < 4.78 is 0. The van der Waals surface area contributed by atoms with Gasteiger partial charge < -0.3 is 5.32 Å². The predicted octanol–water partition coefficient (Wildman–Crippen LogP) is 4.14. The zero-order valence-corrected chi connectivity index (χ0v) is 15.4. The molecule has 0 spiro atoms. The summed E-state index contributed by atoms with van der Waals surface area (Å²) >= 11 is 1.31. The highest BCUT2D eigenvalue weighted by Crippen LogP contribution is 2.25. The molecule has 1 atom stereocenters. The Bertz CT molecular complexity index is 1070. The van der Waals surface area contributed by atoms with Gasteiger partial charge in [-0.2, -0.15) is 0 Å². The number of anilines is 1. The Morgan fingerprint density at radius 2 is 1.93 bits per heavy atom. The van der Waals surface area contributed by atoms with E-state index in [0.717, 1.165) is 22.2 Å². The van der Waals surface area contributed by atoms with Crippen molar-refractivity contribution in [1.29, 1.82) is 0 Å². The second-order valence-corrected chi connectivity index (χ2v) is 7.27. The van der Waals surface area contributed by atoms with Crippen molar-refractivity contribution in [2.45, 2.75) is 17.3 Å². The minimum Gasteiger partial charge on any atom is -0.324 e. The van der Waals surface area contributed by atoms with Crippen LogP contribution in [0.3, 0.4) is 0 Å². The molecule has 0 aliphatic carbocycles. The first-order valence-electron chi connectivity index (χ1n) is 8.50. The predicted molar refractivity (Wildman–Crippen MR) is 108 cm³/mol. The molecule has 0 saturated carbocycles. The number of nitrogens with one attached hydrogen (secondary N) is 2. The molecule has 0 radical (unpaired) electrons. The standard InChI is InChI=1S/C20H17N5OS/c1-13(27-20-23-18(24-25-20)14-7-3-2-4-8-14)19(26)22-17-11-5-10-16-15(17)9-6-12-21-16/h2-13H,1H3,(H,22,26)(H,23,24,25)/t13-/m1/s1. The summed E-state index contributed by atoms with van der Waals surface area (Å²) in [6.07, 6.45) is 1.74. The number of H-pyrrole nitrogens is 1. The number of carbonyl (C=O) groups excluding carboxylic acids is 1. The lowest BCUT2D eigenvalue weighted by Crippen LogP contribution is -2.22. The SMILES string of the molecule is C[C@@H](Sc1n[nH]c(-c2ccccc2)n1)C(=O)Nc1cccc2ncccc12. The quantitative estimate of drug-likeness (QED) is 0.512. The highest BCUT2D eigenvalue weighted by molar-refractivity contribution is 8.00. The number of aromatic amines is 1. The van der Waals surface area contributed by atoms with Crippen LogP contribution in [0.5, 0.6) is 0 Å². The third-order valence-electron chi connectivity index (χ3n) is 4.07. The molecule has 134 valence electrons. The summed E-state index contributed by atoms with van der Waals surface area (Å²) in [5.74, 6) is 0.577. The van der Waals surface area contributed by atoms with Crippen molar-refractivity contribution in [3.8, 4) is 11.4 Å². The fraction of sp³-hybridized carbons (Fsp3) is 0.100. The van der Waals surface area contributed by atoms with Gasteiger partial charge in [0.1, 0.15) is 0 Å². The molecule has 0 aliphatic rings. The molecule has 4 rings (SSSR count). The maximum absolute atomic E-state index is 12.6. The second kappa shape index (κ2) is 7.59. The summed E-state index contributed by atoms with van der Waals surface area (Å²) in [6.45, 7) is 1.84. The molecular formula is C20H17N5OS. The van der Waals surface area contributed by atoms with Crippen molar-refractivity contribution in [2.75, 3.05) is 5.32 Å². The maximum Gasteiger partial charge on any atom is 0.237 e. The third kappa shape index (κ3) is 3.83. The summed E-state index contributed by atoms with van der Waals surface area (Å²) in [5.41, 5.74) is 2.55. The second-order valence-electron chi connectivity index (χ2n) is 5.96. The van der Waals surface area contributed by atoms with Crippen LogP contribution in [0.4, 0.5) is 5.69 Å². The average Bonchev–Trinajstić information content (AvgIpc) is 3.17. The Kier molecular flexibility index (Phi) is 4.84. The fourth-order valence-corrected chi connectivity index (χ4v) is 3.41. The van der Waals surface area contributed by atoms with Gasteiger partial charge in [0.2, 0.25) is 11.1 Å². The molecule has 2 heterocycles. The molecule has 2 N–H and O–H groups in total. The largest absolute Gasteiger partial charge is 0.324 e. The zero-order chi connectivity index (χ0) is 18.6. The molecule has 0 saturated heterocycles. The summed E-state index contributed by atoms with van der Waals surface area (Å²) in [7, 11) is 0. The van der Waals surface area contributed by atoms with Gasteiger partial charge in [0.25, 0.3) is 0 Å². The smallest absolute Gasteiger partial charge is 0.237 e. The molecule has 6 nitrogen and oxygen atoms in total. The van der Waals surface area contributed by atoms with E-state index >= 15 is 0 Å². The van der Waals surface area contributed by atoms with E-state index in [2.05, 4.69) is 25.5 Å². The first-order chi connectivity index (χ1) is 13.2. The highest BCUT2D eigenvalue weighted by Gasteiger charge is 2.18. The van der Waals surface area contributed by atoms with Gasteiger partial charge in [-0.05, 0) is 31.2 Å². The zero-order valence-electron chi connectivity index (χ0n) is 14.6. The summed E-state index contributed by atoms with van der Waals surface area (Å²) in [6, 6.07) is 19.2. The van der Waals surface area contributed by atoms with Crippen LogP contribution in [0.2, 0.25) is 0 Å². The van der Waals surface area contributed by atoms with Crippen molar-refractivity contribution in [3.63, 3.8) is 0 Å². The molecule has 0 fully saturated rings. The fourth-order valence-electron chi connectivity index (χ4n) is 2.68. The number of nitrogens with zero attached hydrogens (tertiary/aromatic N) is 3. The number of pyridine rings is 1. The van der Waals surface area contributed by atoms with Crippen LogP contribution in [0.15, 0.2) is 72.0 Å². The summed E-state index contributed by atoms with van der Waals surface area (Å²) in [5, 5.41) is 11.2. The molecule has 0 bridgehead atoms. The van der Waals surface area contributed by atoms with Gasteiger partial charge in [0, 0.05) is 17.1 Å². The van der Waals surface area contributed by atoms with Crippen LogP contribution < -0.4 is 5.32 Å². The van der Waals surface area contributed by atoms with Crippen LogP contribution in [0.1, 0.15) is 6.92 Å². The molecule has 1 amide bonds. The lowest BCUT2D eigenvalue weighted by Gasteiger charge is -2.12. The number of amides is 1. The van der Waals surface area contributed by atoms with E-state index in [-0.39, 0.29) is 11.2 Å². The minimum absolute atomic E-state index is 0.109. The molecule has 0 aliphatic heterocycles. The number of carbonyl (C=O) groups is 1. The van der Waals surface area contributed by atoms with E-state index in [0.29, 0.717) is 11.0 Å². The Balaban J connectivity index is 1.46. The van der Waals surface area contributed by atoms with E-state index in [1.54, 1.807) is 6.20 Å². The minimum atomic E-state index is -0.351. The van der Waals surface area contributed by atoms with E-state index < -0.39 is 0 Å². The monoisotopic (exact) mass is 375 g/mol. The Labute approximate surface area is 160 Å². The van der Waals surface area contributed by atoms with Gasteiger partial charge in [0.15, 0.2) is 5.82 Å². The Morgan fingerprint density at radius 3 is 2.78 bits per heavy atom. The van der Waals surface area contributed by atoms with E-state index in [4.69, 9.17) is 0 Å². The average molecular weight is 375 g/mol. The van der Waals surface area contributed by atoms with Crippen molar-refractivity contribution in [2.24, 2.45) is 0 Å². The van der Waals surface area contributed by atoms with Gasteiger partial charge in [-0.25, -0.2) is 4.98 Å². The lowest BCUT2D eigenvalue weighted by atomic mass is 10.2. The van der Waals surface area contributed by atoms with Gasteiger partial charge in [-0.1, -0.05) is 48.2 Å². The van der Waals surface area contributed by atoms with Crippen LogP contribution in [0, 0.1) is 0 Å². The topological polar surface area (TPSA) is 83.6 Å². The van der Waals surface area contributed by atoms with Gasteiger partial charge >= 0.3 is 0 Å². The molecule has 4 aromatic rings. The van der Waals surface area contributed by atoms with E-state index in [1.165, 1.54) is 11.8 Å². The highest BCUT2D eigenvalue weighted by atomic mass is 32.2. The normalized spacial score (nSPS) is 12.0. The molecule has 27 heavy (non-hydrogen) atoms. The number of hydrogen-bond donors (Lipinski definition) is 2. The van der Waals surface area contributed by atoms with Crippen molar-refractivity contribution in [1.82, 2.24) is 20.2 Å². The number of aromatic nitrogens is 4. The molecule has 7 heteroatoms. The number of hydrogen-bond acceptors (Lipinski definition) is 5. The van der Waals surface area contributed by atoms with Gasteiger partial charge in [-0.15, -0.1) is 5.10 Å². The number of benzene rings is 2. The van der Waals surface area contributed by atoms with Crippen LogP contribution in [-0.4, -0.2) is 31.3 Å². The molecular weight excluding hydrogens is 358 g/mol. The number of thioether (sulfide) groups is 1. The van der Waals surface area contributed by atoms with E-state index in [9.17, 15) is 4.79 Å². The molecule has 2 aromatic carbocycles. The summed E-state index contributed by atoms with van der Waals surface area (Å²) in [4.78, 5) is 21.4. The maximum atomic E-state index is 12.6. The van der Waals surface area contributed by atoms with Crippen LogP contribution >= 0.6 is 11.8 Å². The first-order valence-corrected chi connectivity index (χ1v) is 9.38. The van der Waals surface area contributed by atoms with Gasteiger partial charge in [0.05, 0.1) is 16.5 Å². The van der Waals surface area contributed by atoms with Crippen molar-refractivity contribution < 1.29 is 4.79 Å². The van der Waals surface area contributed by atoms with Crippen molar-refractivity contribution in [3.05, 3.63) is 66.9 Å². The Hall–Kier alpha value is -3.19. The van der Waals surface area contributed by atoms with Crippen LogP contribution in [0.25, 0.3) is 22.3 Å². The lowest BCUT2D eigenvalue weighted by molar-refractivity contribution is -0.115. The number of rotatable bonds is 5. The van der Waals surface area contributed by atoms with Crippen LogP contribution in [-0.2, 0) is 4.79 Å². The van der Waals surface area contributed by atoms with Gasteiger partial charge in [-0.3, -0.25) is 14.9 Å². The first kappa shape index (κ1) is 17.2. The van der Waals surface area contributed by atoms with E-state index in [1.807, 2.05) is 67.6 Å². The number of fused-ring (bicyclic) bond motifs is 1. The van der Waals surface area contributed by atoms with Crippen molar-refractivity contribution >= 4 is 34.3 Å². The molecule has 0 unspecified atom stereocenters. The third-order valence-corrected chi connectivity index (χ3v) is 5.03. The Morgan fingerprint density at radius 1 is 1.07 bits per heavy atom. The molecule has 2 aromatic heterocycles.